The van der Waals surface area contributed by atoms with Crippen LogP contribution in [0.15, 0.2) is 0 Å². The van der Waals surface area contributed by atoms with E-state index in [0.717, 1.165) is 18.8 Å². The van der Waals surface area contributed by atoms with Crippen LogP contribution in [0.4, 0.5) is 0 Å². The number of hydrogen-bond acceptors (Lipinski definition) is 1. The molecular weight excluding hydrogens is 356 g/mol. The lowest BCUT2D eigenvalue weighted by Gasteiger charge is -2.10. The predicted molar refractivity (Wildman–Crippen MR) is 129 cm³/mol. The monoisotopic (exact) mass is 410 g/mol. The largest absolute Gasteiger partial charge is 0.481 e. The number of unbranched alkanes of at least 4 members (excludes halogenated alkanes) is 18. The van der Waals surface area contributed by atoms with E-state index in [0.29, 0.717) is 6.42 Å². The van der Waals surface area contributed by atoms with Gasteiger partial charge in [0.2, 0.25) is 0 Å². The van der Waals surface area contributed by atoms with Crippen molar-refractivity contribution in [3.05, 3.63) is 0 Å². The lowest BCUT2D eigenvalue weighted by atomic mass is 9.96. The van der Waals surface area contributed by atoms with Crippen LogP contribution in [-0.2, 0) is 4.79 Å². The second-order valence-corrected chi connectivity index (χ2v) is 9.54. The standard InChI is InChI=1S/C27H54O2/c1-3-4-5-20-23-26(2)24-21-18-16-14-12-10-8-6-7-9-11-13-15-17-19-22-25-27(28)29/h26H,3-25H2,1-2H3,(H,28,29). The first kappa shape index (κ1) is 28.5. The molecule has 1 atom stereocenters. The molecule has 0 bridgehead atoms. The summed E-state index contributed by atoms with van der Waals surface area (Å²) < 4.78 is 0. The van der Waals surface area contributed by atoms with Crippen molar-refractivity contribution in [2.24, 2.45) is 5.92 Å². The molecule has 0 aliphatic rings. The first-order valence-corrected chi connectivity index (χ1v) is 13.4. The highest BCUT2D eigenvalue weighted by atomic mass is 16.4. The van der Waals surface area contributed by atoms with E-state index in [9.17, 15) is 4.79 Å². The van der Waals surface area contributed by atoms with Crippen LogP contribution in [-0.4, -0.2) is 11.1 Å². The van der Waals surface area contributed by atoms with E-state index in [1.54, 1.807) is 0 Å². The lowest BCUT2D eigenvalue weighted by molar-refractivity contribution is -0.137. The van der Waals surface area contributed by atoms with E-state index in [1.165, 1.54) is 128 Å². The molecule has 0 radical (unpaired) electrons. The maximum absolute atomic E-state index is 10.4. The van der Waals surface area contributed by atoms with E-state index in [2.05, 4.69) is 13.8 Å². The van der Waals surface area contributed by atoms with Gasteiger partial charge in [-0.25, -0.2) is 0 Å². The maximum Gasteiger partial charge on any atom is 0.303 e. The quantitative estimate of drug-likeness (QED) is 0.161. The highest BCUT2D eigenvalue weighted by molar-refractivity contribution is 5.66. The Morgan fingerprint density at radius 3 is 1.21 bits per heavy atom. The lowest BCUT2D eigenvalue weighted by Crippen LogP contribution is -1.95. The second-order valence-electron chi connectivity index (χ2n) is 9.54. The van der Waals surface area contributed by atoms with Crippen molar-refractivity contribution in [2.75, 3.05) is 0 Å². The number of carbonyl (C=O) groups is 1. The number of carboxylic acids is 1. The molecule has 0 saturated carbocycles. The van der Waals surface area contributed by atoms with Gasteiger partial charge in [-0.1, -0.05) is 149 Å². The fraction of sp³-hybridized carbons (Fsp3) is 0.963. The van der Waals surface area contributed by atoms with Gasteiger partial charge >= 0.3 is 5.97 Å². The van der Waals surface area contributed by atoms with Crippen LogP contribution in [0.3, 0.4) is 0 Å². The summed E-state index contributed by atoms with van der Waals surface area (Å²) in [5.74, 6) is 0.298. The van der Waals surface area contributed by atoms with Crippen LogP contribution in [0, 0.1) is 5.92 Å². The maximum atomic E-state index is 10.4. The SMILES string of the molecule is CCCCCCC(C)CCCCCCCCCCCCCCCCCCC(=O)O. The third kappa shape index (κ3) is 25.4. The average molecular weight is 411 g/mol. The third-order valence-corrected chi connectivity index (χ3v) is 6.39. The molecule has 0 aromatic heterocycles. The summed E-state index contributed by atoms with van der Waals surface area (Å²) in [6, 6.07) is 0. The van der Waals surface area contributed by atoms with Gasteiger partial charge in [-0.3, -0.25) is 4.79 Å². The number of aliphatic carboxylic acids is 1. The number of hydrogen-bond donors (Lipinski definition) is 1. The molecule has 0 aromatic rings. The molecule has 1 N–H and O–H groups in total. The van der Waals surface area contributed by atoms with E-state index in [4.69, 9.17) is 5.11 Å². The molecule has 2 heteroatoms. The Balaban J connectivity index is 3.09. The van der Waals surface area contributed by atoms with Crippen LogP contribution < -0.4 is 0 Å². The van der Waals surface area contributed by atoms with Gasteiger partial charge in [0.15, 0.2) is 0 Å². The molecule has 29 heavy (non-hydrogen) atoms. The number of rotatable bonds is 24. The zero-order valence-corrected chi connectivity index (χ0v) is 20.2. The topological polar surface area (TPSA) is 37.3 Å². The van der Waals surface area contributed by atoms with Crippen molar-refractivity contribution in [2.45, 2.75) is 162 Å². The van der Waals surface area contributed by atoms with Crippen LogP contribution in [0.5, 0.6) is 0 Å². The Labute approximate surface area is 183 Å². The van der Waals surface area contributed by atoms with Crippen molar-refractivity contribution in [3.8, 4) is 0 Å². The Hall–Kier alpha value is -0.530. The van der Waals surface area contributed by atoms with E-state index < -0.39 is 5.97 Å². The fourth-order valence-corrected chi connectivity index (χ4v) is 4.31. The van der Waals surface area contributed by atoms with Crippen LogP contribution >= 0.6 is 0 Å². The smallest absolute Gasteiger partial charge is 0.303 e. The molecule has 0 heterocycles. The summed E-state index contributed by atoms with van der Waals surface area (Å²) in [5, 5.41) is 8.59. The van der Waals surface area contributed by atoms with Crippen molar-refractivity contribution in [1.29, 1.82) is 0 Å². The molecule has 1 unspecified atom stereocenters. The van der Waals surface area contributed by atoms with Gasteiger partial charge in [0.25, 0.3) is 0 Å². The van der Waals surface area contributed by atoms with Gasteiger partial charge in [-0.15, -0.1) is 0 Å². The number of carboxylic acid groups (broad SMARTS) is 1. The molecule has 0 fully saturated rings. The minimum atomic E-state index is -0.650. The minimum Gasteiger partial charge on any atom is -0.481 e. The van der Waals surface area contributed by atoms with Gasteiger partial charge in [0.05, 0.1) is 0 Å². The zero-order chi connectivity index (χ0) is 21.4. The van der Waals surface area contributed by atoms with Gasteiger partial charge in [-0.2, -0.15) is 0 Å². The van der Waals surface area contributed by atoms with Crippen molar-refractivity contribution in [3.63, 3.8) is 0 Å². The first-order valence-electron chi connectivity index (χ1n) is 13.4. The molecule has 0 amide bonds. The van der Waals surface area contributed by atoms with Crippen molar-refractivity contribution < 1.29 is 9.90 Å². The van der Waals surface area contributed by atoms with E-state index in [1.807, 2.05) is 0 Å². The molecule has 0 aliphatic carbocycles. The van der Waals surface area contributed by atoms with Crippen LogP contribution in [0.25, 0.3) is 0 Å². The molecule has 0 spiro atoms. The van der Waals surface area contributed by atoms with Gasteiger partial charge in [-0.05, 0) is 12.3 Å². The van der Waals surface area contributed by atoms with Crippen molar-refractivity contribution >= 4 is 5.97 Å². The second kappa shape index (κ2) is 23.7. The molecule has 2 nitrogen and oxygen atoms in total. The predicted octanol–water partition coefficient (Wildman–Crippen LogP) is 9.70. The third-order valence-electron chi connectivity index (χ3n) is 6.39. The summed E-state index contributed by atoms with van der Waals surface area (Å²) in [6.07, 6.45) is 30.4. The van der Waals surface area contributed by atoms with Crippen LogP contribution in [0.1, 0.15) is 162 Å². The summed E-state index contributed by atoms with van der Waals surface area (Å²) in [7, 11) is 0. The Morgan fingerprint density at radius 2 is 0.862 bits per heavy atom. The van der Waals surface area contributed by atoms with Gasteiger partial charge < -0.3 is 5.11 Å². The highest BCUT2D eigenvalue weighted by Crippen LogP contribution is 2.18. The molecule has 0 aliphatic heterocycles. The van der Waals surface area contributed by atoms with E-state index in [-0.39, 0.29) is 0 Å². The Bertz CT molecular complexity index is 326. The molecule has 174 valence electrons. The van der Waals surface area contributed by atoms with Crippen molar-refractivity contribution in [1.82, 2.24) is 0 Å². The zero-order valence-electron chi connectivity index (χ0n) is 20.2. The fourth-order valence-electron chi connectivity index (χ4n) is 4.31. The molecular formula is C27H54O2. The van der Waals surface area contributed by atoms with Gasteiger partial charge in [0.1, 0.15) is 0 Å². The highest BCUT2D eigenvalue weighted by Gasteiger charge is 2.02. The Morgan fingerprint density at radius 1 is 0.552 bits per heavy atom. The first-order chi connectivity index (χ1) is 14.2. The normalized spacial score (nSPS) is 12.3. The van der Waals surface area contributed by atoms with E-state index >= 15 is 0 Å². The molecule has 0 aromatic carbocycles. The summed E-state index contributed by atoms with van der Waals surface area (Å²) in [4.78, 5) is 10.4. The average Bonchev–Trinajstić information content (AvgIpc) is 2.70. The Kier molecular flexibility index (Phi) is 23.3. The van der Waals surface area contributed by atoms with Crippen LogP contribution in [0.2, 0.25) is 0 Å². The minimum absolute atomic E-state index is 0.346. The summed E-state index contributed by atoms with van der Waals surface area (Å²) >= 11 is 0. The molecule has 0 saturated heterocycles. The summed E-state index contributed by atoms with van der Waals surface area (Å²) in [5.41, 5.74) is 0. The van der Waals surface area contributed by atoms with Gasteiger partial charge in [0, 0.05) is 6.42 Å². The molecule has 0 rings (SSSR count). The summed E-state index contributed by atoms with van der Waals surface area (Å²) in [6.45, 7) is 4.75.